The molecule has 14 heavy (non-hydrogen) atoms. The van der Waals surface area contributed by atoms with Crippen LogP contribution >= 0.6 is 23.2 Å². The highest BCUT2D eigenvalue weighted by Gasteiger charge is 2.24. The van der Waals surface area contributed by atoms with E-state index in [0.29, 0.717) is 0 Å². The lowest BCUT2D eigenvalue weighted by atomic mass is 10.1. The van der Waals surface area contributed by atoms with Crippen molar-refractivity contribution in [2.45, 2.75) is 6.10 Å². The van der Waals surface area contributed by atoms with Crippen LogP contribution in [-0.4, -0.2) is 16.2 Å². The van der Waals surface area contributed by atoms with Crippen molar-refractivity contribution in [3.05, 3.63) is 33.6 Å². The zero-order chi connectivity index (χ0) is 10.9. The van der Waals surface area contributed by atoms with Crippen LogP contribution in [0.5, 0.6) is 0 Å². The Labute approximate surface area is 88.7 Å². The van der Waals surface area contributed by atoms with Crippen molar-refractivity contribution >= 4 is 29.2 Å². The first-order valence-electron chi connectivity index (χ1n) is 3.49. The van der Waals surface area contributed by atoms with Crippen LogP contribution in [0, 0.1) is 5.82 Å². The number of hydrogen-bond donors (Lipinski definition) is 2. The summed E-state index contributed by atoms with van der Waals surface area (Å²) in [5.41, 5.74) is -0.522. The van der Waals surface area contributed by atoms with E-state index in [0.717, 1.165) is 6.07 Å². The minimum Gasteiger partial charge on any atom is -0.479 e. The predicted molar refractivity (Wildman–Crippen MR) is 49.0 cm³/mol. The zero-order valence-corrected chi connectivity index (χ0v) is 8.18. The van der Waals surface area contributed by atoms with E-state index < -0.39 is 23.5 Å². The van der Waals surface area contributed by atoms with Gasteiger partial charge < -0.3 is 10.2 Å². The van der Waals surface area contributed by atoms with Crippen molar-refractivity contribution < 1.29 is 19.4 Å². The lowest BCUT2D eigenvalue weighted by Crippen LogP contribution is -2.12. The second-order valence-corrected chi connectivity index (χ2v) is 3.28. The maximum absolute atomic E-state index is 13.1. The highest BCUT2D eigenvalue weighted by molar-refractivity contribution is 6.42. The van der Waals surface area contributed by atoms with Gasteiger partial charge in [0, 0.05) is 5.56 Å². The summed E-state index contributed by atoms with van der Waals surface area (Å²) in [6, 6.07) is 2.12. The molecule has 0 aliphatic carbocycles. The van der Waals surface area contributed by atoms with Crippen LogP contribution < -0.4 is 0 Å². The van der Waals surface area contributed by atoms with E-state index in [1.165, 1.54) is 6.07 Å². The third-order valence-corrected chi connectivity index (χ3v) is 2.41. The molecule has 0 aliphatic heterocycles. The van der Waals surface area contributed by atoms with Crippen molar-refractivity contribution in [3.8, 4) is 0 Å². The molecule has 0 spiro atoms. The van der Waals surface area contributed by atoms with Crippen LogP contribution in [0.2, 0.25) is 10.0 Å². The zero-order valence-electron chi connectivity index (χ0n) is 6.67. The second-order valence-electron chi connectivity index (χ2n) is 2.50. The third kappa shape index (κ3) is 1.97. The van der Waals surface area contributed by atoms with Crippen molar-refractivity contribution in [1.29, 1.82) is 0 Å². The van der Waals surface area contributed by atoms with Gasteiger partial charge in [0.15, 0.2) is 6.10 Å². The molecular weight excluding hydrogens is 234 g/mol. The summed E-state index contributed by atoms with van der Waals surface area (Å²) in [4.78, 5) is 10.4. The fraction of sp³-hybridized carbons (Fsp3) is 0.125. The van der Waals surface area contributed by atoms with Crippen molar-refractivity contribution in [3.63, 3.8) is 0 Å². The molecule has 0 radical (unpaired) electrons. The SMILES string of the molecule is O=C(O)C(O)c1c(F)ccc(Cl)c1Cl. The van der Waals surface area contributed by atoms with Crippen LogP contribution in [0.3, 0.4) is 0 Å². The van der Waals surface area contributed by atoms with Gasteiger partial charge in [0.25, 0.3) is 0 Å². The smallest absolute Gasteiger partial charge is 0.337 e. The molecule has 76 valence electrons. The monoisotopic (exact) mass is 238 g/mol. The first-order chi connectivity index (χ1) is 6.45. The Morgan fingerprint density at radius 2 is 2.00 bits per heavy atom. The maximum Gasteiger partial charge on any atom is 0.337 e. The molecule has 0 saturated carbocycles. The number of carboxylic acid groups (broad SMARTS) is 1. The standard InChI is InChI=1S/C8H5Cl2FO3/c9-3-1-2-4(11)5(6(3)10)7(12)8(13)14/h1-2,7,12H,(H,13,14). The Hall–Kier alpha value is -0.840. The highest BCUT2D eigenvalue weighted by atomic mass is 35.5. The van der Waals surface area contributed by atoms with Gasteiger partial charge in [-0.05, 0) is 12.1 Å². The normalized spacial score (nSPS) is 12.6. The number of hydrogen-bond acceptors (Lipinski definition) is 2. The van der Waals surface area contributed by atoms with Gasteiger partial charge in [0.1, 0.15) is 5.82 Å². The fourth-order valence-corrected chi connectivity index (χ4v) is 1.34. The Balaban J connectivity index is 3.32. The molecular formula is C8H5Cl2FO3. The predicted octanol–water partition coefficient (Wildman–Crippen LogP) is 2.25. The number of benzene rings is 1. The molecule has 6 heteroatoms. The van der Waals surface area contributed by atoms with Crippen LogP contribution in [-0.2, 0) is 4.79 Å². The molecule has 1 aromatic carbocycles. The van der Waals surface area contributed by atoms with Gasteiger partial charge in [0.05, 0.1) is 10.0 Å². The summed E-state index contributed by atoms with van der Waals surface area (Å²) in [6.45, 7) is 0. The van der Waals surface area contributed by atoms with E-state index in [-0.39, 0.29) is 10.0 Å². The largest absolute Gasteiger partial charge is 0.479 e. The van der Waals surface area contributed by atoms with Gasteiger partial charge in [-0.2, -0.15) is 0 Å². The lowest BCUT2D eigenvalue weighted by Gasteiger charge is -2.09. The number of aliphatic carboxylic acids is 1. The Kier molecular flexibility index (Phi) is 3.31. The number of rotatable bonds is 2. The van der Waals surface area contributed by atoms with E-state index in [1.807, 2.05) is 0 Å². The van der Waals surface area contributed by atoms with Gasteiger partial charge in [-0.1, -0.05) is 23.2 Å². The summed E-state index contributed by atoms with van der Waals surface area (Å²) >= 11 is 11.1. The first-order valence-corrected chi connectivity index (χ1v) is 4.25. The van der Waals surface area contributed by atoms with Crippen LogP contribution in [0.4, 0.5) is 4.39 Å². The van der Waals surface area contributed by atoms with E-state index in [4.69, 9.17) is 33.4 Å². The fourth-order valence-electron chi connectivity index (χ4n) is 0.917. The molecule has 1 rings (SSSR count). The Bertz CT molecular complexity index is 381. The number of aliphatic hydroxyl groups excluding tert-OH is 1. The minimum atomic E-state index is -2.01. The molecule has 0 saturated heterocycles. The maximum atomic E-state index is 13.1. The van der Waals surface area contributed by atoms with E-state index in [1.54, 1.807) is 0 Å². The minimum absolute atomic E-state index is 0.0108. The molecule has 0 amide bonds. The van der Waals surface area contributed by atoms with Crippen molar-refractivity contribution in [1.82, 2.24) is 0 Å². The summed E-state index contributed by atoms with van der Waals surface area (Å²) in [5.74, 6) is -2.50. The summed E-state index contributed by atoms with van der Waals surface area (Å²) in [5, 5.41) is 17.3. The number of carboxylic acids is 1. The molecule has 3 nitrogen and oxygen atoms in total. The van der Waals surface area contributed by atoms with E-state index in [2.05, 4.69) is 0 Å². The van der Waals surface area contributed by atoms with Gasteiger partial charge in [-0.25, -0.2) is 9.18 Å². The number of carbonyl (C=O) groups is 1. The third-order valence-electron chi connectivity index (χ3n) is 1.59. The van der Waals surface area contributed by atoms with Crippen molar-refractivity contribution in [2.75, 3.05) is 0 Å². The van der Waals surface area contributed by atoms with Crippen LogP contribution in [0.15, 0.2) is 12.1 Å². The van der Waals surface area contributed by atoms with Gasteiger partial charge >= 0.3 is 5.97 Å². The Morgan fingerprint density at radius 1 is 1.43 bits per heavy atom. The van der Waals surface area contributed by atoms with Crippen LogP contribution in [0.25, 0.3) is 0 Å². The molecule has 2 N–H and O–H groups in total. The summed E-state index contributed by atoms with van der Waals surface area (Å²) < 4.78 is 13.1. The number of aliphatic hydroxyl groups is 1. The van der Waals surface area contributed by atoms with Gasteiger partial charge in [-0.3, -0.25) is 0 Å². The molecule has 0 fully saturated rings. The van der Waals surface area contributed by atoms with E-state index >= 15 is 0 Å². The van der Waals surface area contributed by atoms with Crippen LogP contribution in [0.1, 0.15) is 11.7 Å². The molecule has 0 aliphatic rings. The first kappa shape index (κ1) is 11.2. The molecule has 0 aromatic heterocycles. The van der Waals surface area contributed by atoms with Crippen molar-refractivity contribution in [2.24, 2.45) is 0 Å². The molecule has 1 aromatic rings. The molecule has 1 atom stereocenters. The quantitative estimate of drug-likeness (QED) is 0.778. The summed E-state index contributed by atoms with van der Waals surface area (Å²) in [6.07, 6.45) is -2.01. The lowest BCUT2D eigenvalue weighted by molar-refractivity contribution is -0.147. The van der Waals surface area contributed by atoms with Gasteiger partial charge in [-0.15, -0.1) is 0 Å². The topological polar surface area (TPSA) is 57.5 Å². The second kappa shape index (κ2) is 4.13. The summed E-state index contributed by atoms with van der Waals surface area (Å²) in [7, 11) is 0. The highest BCUT2D eigenvalue weighted by Crippen LogP contribution is 2.32. The Morgan fingerprint density at radius 3 is 2.50 bits per heavy atom. The molecule has 1 unspecified atom stereocenters. The molecule has 0 bridgehead atoms. The van der Waals surface area contributed by atoms with Gasteiger partial charge in [0.2, 0.25) is 0 Å². The molecule has 0 heterocycles. The average molecular weight is 239 g/mol. The van der Waals surface area contributed by atoms with E-state index in [9.17, 15) is 9.18 Å². The number of halogens is 3. The average Bonchev–Trinajstić information content (AvgIpc) is 2.12.